The number of halogens is 2. The van der Waals surface area contributed by atoms with Gasteiger partial charge in [-0.1, -0.05) is 11.6 Å². The summed E-state index contributed by atoms with van der Waals surface area (Å²) in [6.07, 6.45) is 0. The fourth-order valence-electron chi connectivity index (χ4n) is 1.17. The summed E-state index contributed by atoms with van der Waals surface area (Å²) in [5, 5.41) is 7.63. The molecule has 17 heavy (non-hydrogen) atoms. The van der Waals surface area contributed by atoms with Crippen LogP contribution in [0.15, 0.2) is 30.3 Å². The molecule has 1 heterocycles. The Bertz CT molecular complexity index is 519. The van der Waals surface area contributed by atoms with Crippen LogP contribution in [0.4, 0.5) is 4.39 Å². The first-order chi connectivity index (χ1) is 8.19. The van der Waals surface area contributed by atoms with E-state index in [0.717, 1.165) is 0 Å². The molecule has 0 aliphatic rings. The lowest BCUT2D eigenvalue weighted by Crippen LogP contribution is -2.01. The van der Waals surface area contributed by atoms with Gasteiger partial charge >= 0.3 is 0 Å². The molecule has 1 aromatic carbocycles. The average molecular weight is 254 g/mol. The zero-order valence-corrected chi connectivity index (χ0v) is 9.49. The minimum Gasteiger partial charge on any atom is -0.437 e. The van der Waals surface area contributed by atoms with Crippen LogP contribution in [0, 0.1) is 5.82 Å². The smallest absolute Gasteiger partial charge is 0.238 e. The van der Waals surface area contributed by atoms with Crippen LogP contribution in [-0.2, 0) is 6.54 Å². The van der Waals surface area contributed by atoms with Crippen LogP contribution >= 0.6 is 11.6 Å². The van der Waals surface area contributed by atoms with Gasteiger partial charge in [0.05, 0.1) is 10.7 Å². The molecule has 0 aliphatic heterocycles. The van der Waals surface area contributed by atoms with Crippen molar-refractivity contribution in [3.05, 3.63) is 46.9 Å². The third kappa shape index (κ3) is 2.89. The summed E-state index contributed by atoms with van der Waals surface area (Å²) < 4.78 is 18.3. The molecule has 0 atom stereocenters. The van der Waals surface area contributed by atoms with Crippen molar-refractivity contribution in [1.29, 1.82) is 0 Å². The lowest BCUT2D eigenvalue weighted by atomic mass is 10.3. The molecule has 0 saturated heterocycles. The minimum absolute atomic E-state index is 0.00552. The van der Waals surface area contributed by atoms with E-state index in [2.05, 4.69) is 10.2 Å². The minimum atomic E-state index is -0.497. The molecule has 2 rings (SSSR count). The normalized spacial score (nSPS) is 10.3. The van der Waals surface area contributed by atoms with Crippen molar-refractivity contribution < 1.29 is 9.13 Å². The molecule has 0 spiro atoms. The second kappa shape index (κ2) is 5.07. The topological polar surface area (TPSA) is 61.0 Å². The molecule has 2 N–H and O–H groups in total. The van der Waals surface area contributed by atoms with Crippen LogP contribution < -0.4 is 10.5 Å². The highest BCUT2D eigenvalue weighted by atomic mass is 35.5. The second-order valence-corrected chi connectivity index (χ2v) is 3.65. The van der Waals surface area contributed by atoms with Crippen molar-refractivity contribution in [3.63, 3.8) is 0 Å². The molecule has 0 radical (unpaired) electrons. The van der Waals surface area contributed by atoms with Gasteiger partial charge in [-0.25, -0.2) is 4.39 Å². The van der Waals surface area contributed by atoms with Gasteiger partial charge in [-0.3, -0.25) is 0 Å². The van der Waals surface area contributed by atoms with Crippen LogP contribution in [0.25, 0.3) is 0 Å². The van der Waals surface area contributed by atoms with Gasteiger partial charge < -0.3 is 10.5 Å². The molecule has 0 aliphatic carbocycles. The fraction of sp³-hybridized carbons (Fsp3) is 0.0909. The van der Waals surface area contributed by atoms with Crippen LogP contribution in [0.5, 0.6) is 11.6 Å². The first kappa shape index (κ1) is 11.8. The van der Waals surface area contributed by atoms with Crippen molar-refractivity contribution in [2.75, 3.05) is 0 Å². The predicted molar refractivity (Wildman–Crippen MR) is 61.4 cm³/mol. The Kier molecular flexibility index (Phi) is 3.51. The molecular formula is C11H9ClFN3O. The lowest BCUT2D eigenvalue weighted by molar-refractivity contribution is 0.452. The van der Waals surface area contributed by atoms with Gasteiger partial charge in [-0.2, -0.15) is 5.10 Å². The summed E-state index contributed by atoms with van der Waals surface area (Å²) in [6.45, 7) is 0.315. The van der Waals surface area contributed by atoms with Gasteiger partial charge in [0.15, 0.2) is 0 Å². The van der Waals surface area contributed by atoms with Crippen molar-refractivity contribution in [2.24, 2.45) is 5.73 Å². The van der Waals surface area contributed by atoms with E-state index in [1.54, 1.807) is 12.1 Å². The number of hydrogen-bond donors (Lipinski definition) is 1. The summed E-state index contributed by atoms with van der Waals surface area (Å²) in [6, 6.07) is 7.38. The van der Waals surface area contributed by atoms with E-state index in [1.165, 1.54) is 18.2 Å². The maximum Gasteiger partial charge on any atom is 0.238 e. The third-order valence-electron chi connectivity index (χ3n) is 2.02. The summed E-state index contributed by atoms with van der Waals surface area (Å²) in [5.41, 5.74) is 6.05. The number of rotatable bonds is 3. The Labute approximate surface area is 102 Å². The highest BCUT2D eigenvalue weighted by molar-refractivity contribution is 6.30. The fourth-order valence-corrected chi connectivity index (χ4v) is 1.34. The van der Waals surface area contributed by atoms with E-state index < -0.39 is 5.82 Å². The molecule has 4 nitrogen and oxygen atoms in total. The van der Waals surface area contributed by atoms with E-state index in [-0.39, 0.29) is 5.02 Å². The summed E-state index contributed by atoms with van der Waals surface area (Å²) in [5.74, 6) is 0.194. The summed E-state index contributed by atoms with van der Waals surface area (Å²) in [4.78, 5) is 0. The molecule has 6 heteroatoms. The lowest BCUT2D eigenvalue weighted by Gasteiger charge is -2.04. The highest BCUT2D eigenvalue weighted by Crippen LogP contribution is 2.24. The van der Waals surface area contributed by atoms with Crippen LogP contribution in [-0.4, -0.2) is 10.2 Å². The monoisotopic (exact) mass is 253 g/mol. The Balaban J connectivity index is 2.16. The van der Waals surface area contributed by atoms with E-state index in [4.69, 9.17) is 22.1 Å². The van der Waals surface area contributed by atoms with Gasteiger partial charge in [0, 0.05) is 18.7 Å². The number of benzene rings is 1. The molecule has 0 saturated carbocycles. The first-order valence-corrected chi connectivity index (χ1v) is 5.22. The molecular weight excluding hydrogens is 245 g/mol. The SMILES string of the molecule is NCc1ccc(Oc2ccc(F)c(Cl)c2)nn1. The second-order valence-electron chi connectivity index (χ2n) is 3.25. The van der Waals surface area contributed by atoms with E-state index in [9.17, 15) is 4.39 Å². The largest absolute Gasteiger partial charge is 0.437 e. The van der Waals surface area contributed by atoms with Gasteiger partial charge in [-0.15, -0.1) is 5.10 Å². The van der Waals surface area contributed by atoms with Crippen molar-refractivity contribution in [3.8, 4) is 11.6 Å². The molecule has 1 aromatic heterocycles. The van der Waals surface area contributed by atoms with Gasteiger partial charge in [0.2, 0.25) is 5.88 Å². The predicted octanol–water partition coefficient (Wildman–Crippen LogP) is 2.52. The summed E-state index contributed by atoms with van der Waals surface area (Å²) in [7, 11) is 0. The highest BCUT2D eigenvalue weighted by Gasteiger charge is 2.04. The maximum absolute atomic E-state index is 12.9. The number of aromatic nitrogens is 2. The maximum atomic E-state index is 12.9. The van der Waals surface area contributed by atoms with Gasteiger partial charge in [0.25, 0.3) is 0 Å². The van der Waals surface area contributed by atoms with Crippen LogP contribution in [0.1, 0.15) is 5.69 Å². The molecule has 0 unspecified atom stereocenters. The molecule has 0 bridgehead atoms. The number of ether oxygens (including phenoxy) is 1. The standard InChI is InChI=1S/C11H9ClFN3O/c12-9-5-8(2-3-10(9)13)17-11-4-1-7(6-14)15-16-11/h1-5H,6,14H2. The van der Waals surface area contributed by atoms with E-state index in [1.807, 2.05) is 0 Å². The van der Waals surface area contributed by atoms with E-state index >= 15 is 0 Å². The van der Waals surface area contributed by atoms with Crippen LogP contribution in [0.3, 0.4) is 0 Å². The first-order valence-electron chi connectivity index (χ1n) is 4.84. The number of hydrogen-bond acceptors (Lipinski definition) is 4. The zero-order valence-electron chi connectivity index (χ0n) is 8.73. The Morgan fingerprint density at radius 2 is 2.06 bits per heavy atom. The molecule has 0 amide bonds. The third-order valence-corrected chi connectivity index (χ3v) is 2.31. The Morgan fingerprint density at radius 1 is 1.24 bits per heavy atom. The molecule has 88 valence electrons. The van der Waals surface area contributed by atoms with E-state index in [0.29, 0.717) is 23.9 Å². The van der Waals surface area contributed by atoms with Crippen molar-refractivity contribution >= 4 is 11.6 Å². The Morgan fingerprint density at radius 3 is 2.65 bits per heavy atom. The average Bonchev–Trinajstić information content (AvgIpc) is 2.35. The number of nitrogens with two attached hydrogens (primary N) is 1. The van der Waals surface area contributed by atoms with Crippen LogP contribution in [0.2, 0.25) is 5.02 Å². The summed E-state index contributed by atoms with van der Waals surface area (Å²) >= 11 is 5.62. The van der Waals surface area contributed by atoms with Crippen molar-refractivity contribution in [2.45, 2.75) is 6.54 Å². The van der Waals surface area contributed by atoms with Crippen molar-refractivity contribution in [1.82, 2.24) is 10.2 Å². The number of nitrogens with zero attached hydrogens (tertiary/aromatic N) is 2. The van der Waals surface area contributed by atoms with Gasteiger partial charge in [-0.05, 0) is 18.2 Å². The molecule has 2 aromatic rings. The quantitative estimate of drug-likeness (QED) is 0.913. The molecule has 0 fully saturated rings. The Hall–Kier alpha value is -1.72. The zero-order chi connectivity index (χ0) is 12.3. The van der Waals surface area contributed by atoms with Gasteiger partial charge in [0.1, 0.15) is 11.6 Å².